The number of amides is 1. The third kappa shape index (κ3) is 4.72. The monoisotopic (exact) mass is 361 g/mol. The van der Waals surface area contributed by atoms with Crippen molar-refractivity contribution in [2.24, 2.45) is 0 Å². The van der Waals surface area contributed by atoms with Gasteiger partial charge in [-0.2, -0.15) is 0 Å². The molecule has 0 N–H and O–H groups in total. The SMILES string of the molecule is CC(C)(C)OC(=O)N1CCCC1Cn1nnnc1Sc1ccccc1. The fraction of sp³-hybridized carbons (Fsp3) is 0.529. The number of aromatic nitrogens is 4. The van der Waals surface area contributed by atoms with Crippen LogP contribution in [0.25, 0.3) is 0 Å². The second-order valence-electron chi connectivity index (χ2n) is 7.03. The van der Waals surface area contributed by atoms with E-state index in [2.05, 4.69) is 15.5 Å². The topological polar surface area (TPSA) is 73.1 Å². The smallest absolute Gasteiger partial charge is 0.410 e. The van der Waals surface area contributed by atoms with Crippen LogP contribution in [0, 0.1) is 0 Å². The Morgan fingerprint density at radius 2 is 2.08 bits per heavy atom. The molecule has 2 aromatic rings. The number of nitrogens with zero attached hydrogens (tertiary/aromatic N) is 5. The molecule has 2 heterocycles. The highest BCUT2D eigenvalue weighted by atomic mass is 32.2. The van der Waals surface area contributed by atoms with Crippen LogP contribution in [0.3, 0.4) is 0 Å². The zero-order valence-corrected chi connectivity index (χ0v) is 15.6. The number of tetrazole rings is 1. The molecule has 0 bridgehead atoms. The van der Waals surface area contributed by atoms with Crippen LogP contribution in [0.4, 0.5) is 4.79 Å². The molecule has 134 valence electrons. The lowest BCUT2D eigenvalue weighted by Crippen LogP contribution is -2.41. The zero-order chi connectivity index (χ0) is 17.9. The Morgan fingerprint density at radius 3 is 2.80 bits per heavy atom. The minimum Gasteiger partial charge on any atom is -0.444 e. The van der Waals surface area contributed by atoms with Gasteiger partial charge in [0.05, 0.1) is 12.6 Å². The Morgan fingerprint density at radius 1 is 1.32 bits per heavy atom. The largest absolute Gasteiger partial charge is 0.444 e. The van der Waals surface area contributed by atoms with Gasteiger partial charge >= 0.3 is 6.09 Å². The van der Waals surface area contributed by atoms with Gasteiger partial charge in [0.15, 0.2) is 0 Å². The number of hydrogen-bond acceptors (Lipinski definition) is 6. The van der Waals surface area contributed by atoms with E-state index >= 15 is 0 Å². The summed E-state index contributed by atoms with van der Waals surface area (Å²) in [5, 5.41) is 12.7. The molecule has 8 heteroatoms. The molecule has 0 spiro atoms. The second-order valence-corrected chi connectivity index (χ2v) is 8.07. The summed E-state index contributed by atoms with van der Waals surface area (Å²) in [7, 11) is 0. The first kappa shape index (κ1) is 17.7. The lowest BCUT2D eigenvalue weighted by molar-refractivity contribution is 0.0209. The molecule has 7 nitrogen and oxygen atoms in total. The molecule has 1 aliphatic heterocycles. The summed E-state index contributed by atoms with van der Waals surface area (Å²) in [6, 6.07) is 10.0. The highest BCUT2D eigenvalue weighted by Gasteiger charge is 2.33. The van der Waals surface area contributed by atoms with Crippen molar-refractivity contribution in [3.63, 3.8) is 0 Å². The molecule has 1 saturated heterocycles. The molecular weight excluding hydrogens is 338 g/mol. The van der Waals surface area contributed by atoms with Crippen LogP contribution in [-0.4, -0.2) is 49.4 Å². The van der Waals surface area contributed by atoms with Gasteiger partial charge in [-0.1, -0.05) is 18.2 Å². The summed E-state index contributed by atoms with van der Waals surface area (Å²) in [4.78, 5) is 15.3. The van der Waals surface area contributed by atoms with E-state index < -0.39 is 5.60 Å². The van der Waals surface area contributed by atoms with Crippen molar-refractivity contribution in [1.29, 1.82) is 0 Å². The molecule has 3 rings (SSSR count). The lowest BCUT2D eigenvalue weighted by Gasteiger charge is -2.28. The Bertz CT molecular complexity index is 713. The maximum Gasteiger partial charge on any atom is 0.410 e. The fourth-order valence-corrected chi connectivity index (χ4v) is 3.56. The molecule has 1 unspecified atom stereocenters. The standard InChI is InChI=1S/C17H23N5O2S/c1-17(2,3)24-16(23)21-11-7-8-13(21)12-22-15(18-19-20-22)25-14-9-5-4-6-10-14/h4-6,9-10,13H,7-8,11-12H2,1-3H3. The van der Waals surface area contributed by atoms with Gasteiger partial charge in [-0.3, -0.25) is 0 Å². The predicted octanol–water partition coefficient (Wildman–Crippen LogP) is 3.22. The van der Waals surface area contributed by atoms with Crippen molar-refractivity contribution in [3.8, 4) is 0 Å². The average Bonchev–Trinajstić information content (AvgIpc) is 3.17. The molecule has 0 saturated carbocycles. The summed E-state index contributed by atoms with van der Waals surface area (Å²) < 4.78 is 7.29. The van der Waals surface area contributed by atoms with Crippen LogP contribution in [0.1, 0.15) is 33.6 Å². The summed E-state index contributed by atoms with van der Waals surface area (Å²) in [6.07, 6.45) is 1.63. The number of carbonyl (C=O) groups excluding carboxylic acids is 1. The molecule has 1 fully saturated rings. The van der Waals surface area contributed by atoms with E-state index in [9.17, 15) is 4.79 Å². The zero-order valence-electron chi connectivity index (χ0n) is 14.8. The number of benzene rings is 1. The van der Waals surface area contributed by atoms with Crippen molar-refractivity contribution >= 4 is 17.9 Å². The maximum atomic E-state index is 12.4. The number of ether oxygens (including phenoxy) is 1. The third-order valence-electron chi connectivity index (χ3n) is 3.84. The first-order chi connectivity index (χ1) is 11.9. The van der Waals surface area contributed by atoms with Gasteiger partial charge in [0.2, 0.25) is 5.16 Å². The number of carbonyl (C=O) groups is 1. The Hall–Kier alpha value is -2.09. The van der Waals surface area contributed by atoms with Gasteiger partial charge in [-0.05, 0) is 67.9 Å². The van der Waals surface area contributed by atoms with E-state index in [1.807, 2.05) is 51.1 Å². The maximum absolute atomic E-state index is 12.4. The third-order valence-corrected chi connectivity index (χ3v) is 4.82. The van der Waals surface area contributed by atoms with Crippen LogP contribution in [0.15, 0.2) is 40.4 Å². The van der Waals surface area contributed by atoms with E-state index in [0.717, 1.165) is 22.9 Å². The van der Waals surface area contributed by atoms with E-state index in [1.54, 1.807) is 9.58 Å². The van der Waals surface area contributed by atoms with Crippen molar-refractivity contribution in [2.45, 2.75) is 61.9 Å². The first-order valence-corrected chi connectivity index (χ1v) is 9.23. The molecule has 1 aliphatic rings. The molecule has 0 aliphatic carbocycles. The van der Waals surface area contributed by atoms with Crippen LogP contribution < -0.4 is 0 Å². The average molecular weight is 361 g/mol. The van der Waals surface area contributed by atoms with Gasteiger partial charge < -0.3 is 9.64 Å². The summed E-state index contributed by atoms with van der Waals surface area (Å²) in [5.41, 5.74) is -0.493. The molecule has 25 heavy (non-hydrogen) atoms. The Balaban J connectivity index is 1.68. The number of likely N-dealkylation sites (tertiary alicyclic amines) is 1. The molecule has 0 radical (unpaired) electrons. The predicted molar refractivity (Wildman–Crippen MR) is 94.3 cm³/mol. The highest BCUT2D eigenvalue weighted by Crippen LogP contribution is 2.27. The van der Waals surface area contributed by atoms with Gasteiger partial charge in [0.1, 0.15) is 5.60 Å². The van der Waals surface area contributed by atoms with Crippen LogP contribution >= 0.6 is 11.8 Å². The van der Waals surface area contributed by atoms with E-state index in [1.165, 1.54) is 11.8 Å². The van der Waals surface area contributed by atoms with E-state index in [0.29, 0.717) is 13.1 Å². The van der Waals surface area contributed by atoms with Gasteiger partial charge in [-0.15, -0.1) is 5.10 Å². The molecular formula is C17H23N5O2S. The summed E-state index contributed by atoms with van der Waals surface area (Å²) in [6.45, 7) is 6.92. The van der Waals surface area contributed by atoms with Crippen LogP contribution in [-0.2, 0) is 11.3 Å². The number of hydrogen-bond donors (Lipinski definition) is 0. The molecule has 1 atom stereocenters. The van der Waals surface area contributed by atoms with Gasteiger partial charge in [0.25, 0.3) is 0 Å². The second kappa shape index (κ2) is 7.43. The minimum absolute atomic E-state index is 0.0495. The van der Waals surface area contributed by atoms with Crippen molar-refractivity contribution < 1.29 is 9.53 Å². The lowest BCUT2D eigenvalue weighted by atomic mass is 10.2. The van der Waals surface area contributed by atoms with Crippen molar-refractivity contribution in [1.82, 2.24) is 25.1 Å². The quantitative estimate of drug-likeness (QED) is 0.832. The summed E-state index contributed by atoms with van der Waals surface area (Å²) >= 11 is 1.52. The van der Waals surface area contributed by atoms with Gasteiger partial charge in [0, 0.05) is 11.4 Å². The summed E-state index contributed by atoms with van der Waals surface area (Å²) in [5.74, 6) is 0. The Kier molecular flexibility index (Phi) is 5.27. The van der Waals surface area contributed by atoms with Crippen molar-refractivity contribution in [3.05, 3.63) is 30.3 Å². The first-order valence-electron chi connectivity index (χ1n) is 8.41. The molecule has 1 aromatic heterocycles. The Labute approximate surface area is 151 Å². The fourth-order valence-electron chi connectivity index (χ4n) is 2.76. The van der Waals surface area contributed by atoms with Crippen LogP contribution in [0.2, 0.25) is 0 Å². The molecule has 1 amide bonds. The van der Waals surface area contributed by atoms with E-state index in [4.69, 9.17) is 4.74 Å². The van der Waals surface area contributed by atoms with Gasteiger partial charge in [-0.25, -0.2) is 9.48 Å². The van der Waals surface area contributed by atoms with Crippen LogP contribution in [0.5, 0.6) is 0 Å². The molecule has 1 aromatic carbocycles. The van der Waals surface area contributed by atoms with Crippen molar-refractivity contribution in [2.75, 3.05) is 6.54 Å². The highest BCUT2D eigenvalue weighted by molar-refractivity contribution is 7.99. The number of rotatable bonds is 4. The normalized spacial score (nSPS) is 17.7. The minimum atomic E-state index is -0.493. The van der Waals surface area contributed by atoms with E-state index in [-0.39, 0.29) is 12.1 Å².